The number of carbonyl (C=O) groups is 1. The first-order chi connectivity index (χ1) is 11.5. The maximum absolute atomic E-state index is 12.1. The number of fused-ring (bicyclic) bond motifs is 1. The van der Waals surface area contributed by atoms with E-state index in [0.717, 1.165) is 38.1 Å². The van der Waals surface area contributed by atoms with Crippen molar-refractivity contribution >= 4 is 34.5 Å². The van der Waals surface area contributed by atoms with E-state index in [-0.39, 0.29) is 11.8 Å². The average Bonchev–Trinajstić information content (AvgIpc) is 3.16. The topological polar surface area (TPSA) is 33.2 Å². The summed E-state index contributed by atoms with van der Waals surface area (Å²) < 4.78 is 0. The van der Waals surface area contributed by atoms with Crippen LogP contribution in [0.5, 0.6) is 0 Å². The molecule has 0 saturated carbocycles. The number of halogens is 1. The highest BCUT2D eigenvalue weighted by molar-refractivity contribution is 7.13. The van der Waals surface area contributed by atoms with Gasteiger partial charge in [-0.05, 0) is 36.8 Å². The van der Waals surface area contributed by atoms with E-state index in [4.69, 9.17) is 16.6 Å². The molecule has 5 heteroatoms. The number of thiazole rings is 1. The minimum absolute atomic E-state index is 0.0979. The van der Waals surface area contributed by atoms with Crippen molar-refractivity contribution in [3.05, 3.63) is 58.4 Å². The third-order valence-electron chi connectivity index (χ3n) is 4.45. The van der Waals surface area contributed by atoms with Gasteiger partial charge in [0.15, 0.2) is 0 Å². The standard InChI is InChI=1S/C19H15ClN2OS/c1-11-15-9-13(5-8-17(15)22(2)19(11)23)16-10-24-18(21-16)12-3-6-14(20)7-4-12/h3-11H,1-2H3. The molecule has 1 amide bonds. The molecule has 120 valence electrons. The Morgan fingerprint density at radius 1 is 1.12 bits per heavy atom. The van der Waals surface area contributed by atoms with E-state index in [0.29, 0.717) is 0 Å². The number of nitrogens with zero attached hydrogens (tertiary/aromatic N) is 2. The highest BCUT2D eigenvalue weighted by Gasteiger charge is 2.31. The molecule has 1 aromatic heterocycles. The summed E-state index contributed by atoms with van der Waals surface area (Å²) >= 11 is 7.55. The molecule has 24 heavy (non-hydrogen) atoms. The van der Waals surface area contributed by atoms with Crippen LogP contribution in [0.25, 0.3) is 21.8 Å². The fraction of sp³-hybridized carbons (Fsp3) is 0.158. The molecule has 1 aliphatic rings. The lowest BCUT2D eigenvalue weighted by Crippen LogP contribution is -2.22. The second-order valence-corrected chi connectivity index (χ2v) is 7.23. The van der Waals surface area contributed by atoms with Crippen molar-refractivity contribution in [2.75, 3.05) is 11.9 Å². The van der Waals surface area contributed by atoms with Crippen LogP contribution in [0.3, 0.4) is 0 Å². The molecular weight excluding hydrogens is 340 g/mol. The van der Waals surface area contributed by atoms with Gasteiger partial charge in [-0.1, -0.05) is 29.8 Å². The van der Waals surface area contributed by atoms with Crippen LogP contribution in [0.1, 0.15) is 18.4 Å². The van der Waals surface area contributed by atoms with Crippen molar-refractivity contribution in [2.45, 2.75) is 12.8 Å². The van der Waals surface area contributed by atoms with Crippen molar-refractivity contribution in [3.8, 4) is 21.8 Å². The van der Waals surface area contributed by atoms with Gasteiger partial charge in [0, 0.05) is 34.3 Å². The lowest BCUT2D eigenvalue weighted by molar-refractivity contribution is -0.118. The Morgan fingerprint density at radius 3 is 2.58 bits per heavy atom. The summed E-state index contributed by atoms with van der Waals surface area (Å²) in [5.74, 6) is 0.0432. The number of carbonyl (C=O) groups excluding carboxylic acids is 1. The zero-order valence-corrected chi connectivity index (χ0v) is 14.9. The predicted molar refractivity (Wildman–Crippen MR) is 99.8 cm³/mol. The second-order valence-electron chi connectivity index (χ2n) is 5.94. The molecule has 1 atom stereocenters. The van der Waals surface area contributed by atoms with E-state index >= 15 is 0 Å². The van der Waals surface area contributed by atoms with Gasteiger partial charge in [0.25, 0.3) is 0 Å². The van der Waals surface area contributed by atoms with Gasteiger partial charge in [-0.3, -0.25) is 4.79 Å². The summed E-state index contributed by atoms with van der Waals surface area (Å²) in [5.41, 5.74) is 5.09. The van der Waals surface area contributed by atoms with Crippen molar-refractivity contribution < 1.29 is 4.79 Å². The van der Waals surface area contributed by atoms with Gasteiger partial charge in [0.2, 0.25) is 5.91 Å². The maximum Gasteiger partial charge on any atom is 0.234 e. The highest BCUT2D eigenvalue weighted by atomic mass is 35.5. The molecular formula is C19H15ClN2OS. The highest BCUT2D eigenvalue weighted by Crippen LogP contribution is 2.39. The molecule has 4 rings (SSSR count). The van der Waals surface area contributed by atoms with Crippen LogP contribution >= 0.6 is 22.9 Å². The first-order valence-electron chi connectivity index (χ1n) is 7.68. The van der Waals surface area contributed by atoms with E-state index < -0.39 is 0 Å². The molecule has 0 bridgehead atoms. The molecule has 2 heterocycles. The second kappa shape index (κ2) is 5.72. The molecule has 2 aromatic carbocycles. The molecule has 0 fully saturated rings. The van der Waals surface area contributed by atoms with Crippen LogP contribution in [-0.2, 0) is 4.79 Å². The van der Waals surface area contributed by atoms with Crippen molar-refractivity contribution in [1.29, 1.82) is 0 Å². The molecule has 0 N–H and O–H groups in total. The number of benzene rings is 2. The summed E-state index contributed by atoms with van der Waals surface area (Å²) in [5, 5.41) is 3.73. The number of likely N-dealkylation sites (N-methyl/N-ethyl adjacent to an activating group) is 1. The SMILES string of the molecule is CC1C(=O)N(C)c2ccc(-c3csc(-c4ccc(Cl)cc4)n3)cc21. The van der Waals surface area contributed by atoms with Crippen molar-refractivity contribution in [3.63, 3.8) is 0 Å². The normalized spacial score (nSPS) is 16.5. The monoisotopic (exact) mass is 354 g/mol. The zero-order valence-electron chi connectivity index (χ0n) is 13.3. The van der Waals surface area contributed by atoms with E-state index in [2.05, 4.69) is 11.4 Å². The van der Waals surface area contributed by atoms with Gasteiger partial charge in [-0.25, -0.2) is 4.98 Å². The Balaban J connectivity index is 1.71. The molecule has 3 nitrogen and oxygen atoms in total. The van der Waals surface area contributed by atoms with Gasteiger partial charge >= 0.3 is 0 Å². The van der Waals surface area contributed by atoms with E-state index in [1.807, 2.05) is 50.4 Å². The third kappa shape index (κ3) is 2.43. The van der Waals surface area contributed by atoms with Gasteiger partial charge in [-0.15, -0.1) is 11.3 Å². The van der Waals surface area contributed by atoms with Crippen LogP contribution in [0.4, 0.5) is 5.69 Å². The third-order valence-corrected chi connectivity index (χ3v) is 5.59. The van der Waals surface area contributed by atoms with Gasteiger partial charge in [-0.2, -0.15) is 0 Å². The molecule has 1 unspecified atom stereocenters. The largest absolute Gasteiger partial charge is 0.315 e. The Morgan fingerprint density at radius 2 is 1.83 bits per heavy atom. The fourth-order valence-electron chi connectivity index (χ4n) is 3.04. The first-order valence-corrected chi connectivity index (χ1v) is 8.93. The number of anilines is 1. The maximum atomic E-state index is 12.1. The Hall–Kier alpha value is -2.17. The molecule has 0 radical (unpaired) electrons. The molecule has 3 aromatic rings. The summed E-state index contributed by atoms with van der Waals surface area (Å²) in [4.78, 5) is 18.6. The number of rotatable bonds is 2. The summed E-state index contributed by atoms with van der Waals surface area (Å²) in [6.45, 7) is 1.95. The number of hydrogen-bond donors (Lipinski definition) is 0. The van der Waals surface area contributed by atoms with E-state index in [1.54, 1.807) is 16.2 Å². The van der Waals surface area contributed by atoms with Crippen LogP contribution in [0.2, 0.25) is 5.02 Å². The molecule has 1 aliphatic heterocycles. The van der Waals surface area contributed by atoms with Crippen LogP contribution in [0.15, 0.2) is 47.8 Å². The summed E-state index contributed by atoms with van der Waals surface area (Å²) in [6.07, 6.45) is 0. The summed E-state index contributed by atoms with van der Waals surface area (Å²) in [7, 11) is 1.83. The fourth-order valence-corrected chi connectivity index (χ4v) is 4.00. The number of amides is 1. The number of aromatic nitrogens is 1. The average molecular weight is 355 g/mol. The zero-order chi connectivity index (χ0) is 16.8. The lowest BCUT2D eigenvalue weighted by Gasteiger charge is -2.09. The van der Waals surface area contributed by atoms with Crippen molar-refractivity contribution in [1.82, 2.24) is 4.98 Å². The minimum Gasteiger partial charge on any atom is -0.315 e. The lowest BCUT2D eigenvalue weighted by atomic mass is 9.99. The summed E-state index contributed by atoms with van der Waals surface area (Å²) in [6, 6.07) is 13.8. The minimum atomic E-state index is -0.0979. The smallest absolute Gasteiger partial charge is 0.234 e. The molecule has 0 saturated heterocycles. The Bertz CT molecular complexity index is 933. The number of hydrogen-bond acceptors (Lipinski definition) is 3. The van der Waals surface area contributed by atoms with E-state index in [9.17, 15) is 4.79 Å². The van der Waals surface area contributed by atoms with E-state index in [1.165, 1.54) is 0 Å². The van der Waals surface area contributed by atoms with Crippen LogP contribution in [-0.4, -0.2) is 17.9 Å². The van der Waals surface area contributed by atoms with Crippen LogP contribution < -0.4 is 4.90 Å². The van der Waals surface area contributed by atoms with Gasteiger partial charge in [0.05, 0.1) is 11.6 Å². The van der Waals surface area contributed by atoms with Crippen LogP contribution in [0, 0.1) is 0 Å². The quantitative estimate of drug-likeness (QED) is 0.632. The molecule has 0 spiro atoms. The van der Waals surface area contributed by atoms with Gasteiger partial charge in [0.1, 0.15) is 5.01 Å². The Kier molecular flexibility index (Phi) is 3.66. The van der Waals surface area contributed by atoms with Crippen molar-refractivity contribution in [2.24, 2.45) is 0 Å². The van der Waals surface area contributed by atoms with Gasteiger partial charge < -0.3 is 4.90 Å². The molecule has 0 aliphatic carbocycles. The Labute approximate surface area is 149 Å². The predicted octanol–water partition coefficient (Wildman–Crippen LogP) is 5.21. The first kappa shape index (κ1) is 15.4.